The molecule has 0 unspecified atom stereocenters. The number of sulfonamides is 1. The molecule has 21 heavy (non-hydrogen) atoms. The van der Waals surface area contributed by atoms with Crippen molar-refractivity contribution in [1.29, 1.82) is 0 Å². The highest BCUT2D eigenvalue weighted by Gasteiger charge is 2.22. The first kappa shape index (κ1) is 17.5. The standard InChI is InChI=1S/C11H11Cl2NO6S/c1-20-8(15)4-5-21(18,19)14-10-7(13)3-2-6(12)9(10)11(16)17/h2-3,14H,4-5H2,1H3,(H,16,17). The summed E-state index contributed by atoms with van der Waals surface area (Å²) >= 11 is 11.5. The van der Waals surface area contributed by atoms with E-state index in [4.69, 9.17) is 28.3 Å². The summed E-state index contributed by atoms with van der Waals surface area (Å²) in [6.07, 6.45) is -0.383. The van der Waals surface area contributed by atoms with E-state index in [1.54, 1.807) is 0 Å². The summed E-state index contributed by atoms with van der Waals surface area (Å²) in [6, 6.07) is 2.49. The van der Waals surface area contributed by atoms with Crippen molar-refractivity contribution in [3.05, 3.63) is 27.7 Å². The molecule has 0 atom stereocenters. The van der Waals surface area contributed by atoms with Gasteiger partial charge in [0.1, 0.15) is 5.56 Å². The molecule has 10 heteroatoms. The van der Waals surface area contributed by atoms with Gasteiger partial charge in [0.25, 0.3) is 0 Å². The zero-order valence-electron chi connectivity index (χ0n) is 10.7. The first-order chi connectivity index (χ1) is 9.68. The fraction of sp³-hybridized carbons (Fsp3) is 0.273. The lowest BCUT2D eigenvalue weighted by molar-refractivity contribution is -0.140. The zero-order valence-corrected chi connectivity index (χ0v) is 13.0. The summed E-state index contributed by atoms with van der Waals surface area (Å²) in [5.41, 5.74) is -0.813. The molecule has 0 saturated heterocycles. The second-order valence-corrected chi connectivity index (χ2v) is 6.49. The van der Waals surface area contributed by atoms with Crippen molar-refractivity contribution < 1.29 is 27.9 Å². The molecular formula is C11H11Cl2NO6S. The van der Waals surface area contributed by atoms with Gasteiger partial charge in [0.15, 0.2) is 0 Å². The van der Waals surface area contributed by atoms with Gasteiger partial charge in [0.2, 0.25) is 10.0 Å². The van der Waals surface area contributed by atoms with E-state index in [1.165, 1.54) is 12.1 Å². The van der Waals surface area contributed by atoms with Gasteiger partial charge in [-0.05, 0) is 12.1 Å². The molecule has 0 saturated carbocycles. The number of ether oxygens (including phenoxy) is 1. The van der Waals surface area contributed by atoms with E-state index in [2.05, 4.69) is 4.74 Å². The largest absolute Gasteiger partial charge is 0.478 e. The normalized spacial score (nSPS) is 11.0. The van der Waals surface area contributed by atoms with Crippen molar-refractivity contribution in [3.8, 4) is 0 Å². The number of anilines is 1. The summed E-state index contributed by atoms with van der Waals surface area (Å²) in [5, 5.41) is 8.78. The molecule has 0 aliphatic heterocycles. The fourth-order valence-electron chi connectivity index (χ4n) is 1.39. The molecule has 0 heterocycles. The number of rotatable bonds is 6. The second kappa shape index (κ2) is 6.97. The molecule has 1 rings (SSSR count). The Balaban J connectivity index is 3.10. The monoisotopic (exact) mass is 355 g/mol. The minimum Gasteiger partial charge on any atom is -0.478 e. The van der Waals surface area contributed by atoms with E-state index in [9.17, 15) is 18.0 Å². The first-order valence-corrected chi connectivity index (χ1v) is 7.87. The molecule has 0 amide bonds. The number of carboxylic acid groups (broad SMARTS) is 1. The molecule has 116 valence electrons. The maximum atomic E-state index is 11.8. The van der Waals surface area contributed by atoms with E-state index in [-0.39, 0.29) is 22.2 Å². The average molecular weight is 356 g/mol. The molecule has 0 radical (unpaired) electrons. The van der Waals surface area contributed by atoms with Crippen LogP contribution in [0.5, 0.6) is 0 Å². The predicted octanol–water partition coefficient (Wildman–Crippen LogP) is 2.00. The summed E-state index contributed by atoms with van der Waals surface area (Å²) in [5.74, 6) is -2.73. The SMILES string of the molecule is COC(=O)CCS(=O)(=O)Nc1c(Cl)ccc(Cl)c1C(=O)O. The zero-order chi connectivity index (χ0) is 16.2. The molecule has 1 aromatic carbocycles. The second-order valence-electron chi connectivity index (χ2n) is 3.83. The number of aromatic carboxylic acids is 1. The quantitative estimate of drug-likeness (QED) is 0.755. The van der Waals surface area contributed by atoms with Crippen LogP contribution in [0.4, 0.5) is 5.69 Å². The fourth-order valence-corrected chi connectivity index (χ4v) is 2.95. The number of nitrogens with one attached hydrogen (secondary N) is 1. The van der Waals surface area contributed by atoms with Crippen molar-refractivity contribution in [2.45, 2.75) is 6.42 Å². The van der Waals surface area contributed by atoms with Crippen LogP contribution in [-0.4, -0.2) is 38.3 Å². The number of carbonyl (C=O) groups excluding carboxylic acids is 1. The predicted molar refractivity (Wildman–Crippen MR) is 77.5 cm³/mol. The number of carbonyl (C=O) groups is 2. The lowest BCUT2D eigenvalue weighted by atomic mass is 10.2. The molecule has 1 aromatic rings. The van der Waals surface area contributed by atoms with Gasteiger partial charge >= 0.3 is 11.9 Å². The molecule has 0 fully saturated rings. The number of benzene rings is 1. The van der Waals surface area contributed by atoms with Crippen LogP contribution >= 0.6 is 23.2 Å². The molecule has 7 nitrogen and oxygen atoms in total. The molecular weight excluding hydrogens is 345 g/mol. The third-order valence-corrected chi connectivity index (χ3v) is 4.26. The lowest BCUT2D eigenvalue weighted by Crippen LogP contribution is -2.21. The average Bonchev–Trinajstić information content (AvgIpc) is 2.39. The van der Waals surface area contributed by atoms with Crippen LogP contribution in [0.1, 0.15) is 16.8 Å². The molecule has 0 aromatic heterocycles. The van der Waals surface area contributed by atoms with Crippen LogP contribution in [0.25, 0.3) is 0 Å². The van der Waals surface area contributed by atoms with Crippen molar-refractivity contribution >= 4 is 50.9 Å². The third-order valence-electron chi connectivity index (χ3n) is 2.38. The maximum absolute atomic E-state index is 11.8. The van der Waals surface area contributed by atoms with Gasteiger partial charge in [-0.15, -0.1) is 0 Å². The summed E-state index contributed by atoms with van der Waals surface area (Å²) < 4.78 is 30.0. The summed E-state index contributed by atoms with van der Waals surface area (Å²) in [7, 11) is -2.87. The van der Waals surface area contributed by atoms with Crippen molar-refractivity contribution in [2.75, 3.05) is 17.6 Å². The smallest absolute Gasteiger partial charge is 0.339 e. The number of hydrogen-bond donors (Lipinski definition) is 2. The van der Waals surface area contributed by atoms with E-state index < -0.39 is 33.3 Å². The Morgan fingerprint density at radius 2 is 1.86 bits per heavy atom. The minimum absolute atomic E-state index is 0.126. The van der Waals surface area contributed by atoms with Crippen LogP contribution < -0.4 is 4.72 Å². The van der Waals surface area contributed by atoms with Crippen LogP contribution in [-0.2, 0) is 19.6 Å². The van der Waals surface area contributed by atoms with Crippen molar-refractivity contribution in [1.82, 2.24) is 0 Å². The molecule has 0 aliphatic rings. The van der Waals surface area contributed by atoms with Gasteiger partial charge in [0, 0.05) is 0 Å². The Kier molecular flexibility index (Phi) is 5.82. The van der Waals surface area contributed by atoms with Crippen molar-refractivity contribution in [3.63, 3.8) is 0 Å². The lowest BCUT2D eigenvalue weighted by Gasteiger charge is -2.13. The Hall–Kier alpha value is -1.51. The van der Waals surface area contributed by atoms with E-state index in [1.807, 2.05) is 4.72 Å². The Morgan fingerprint density at radius 1 is 1.29 bits per heavy atom. The molecule has 0 aliphatic carbocycles. The van der Waals surface area contributed by atoms with Gasteiger partial charge < -0.3 is 9.84 Å². The van der Waals surface area contributed by atoms with Crippen molar-refractivity contribution in [2.24, 2.45) is 0 Å². The van der Waals surface area contributed by atoms with Gasteiger partial charge in [-0.2, -0.15) is 0 Å². The molecule has 0 spiro atoms. The van der Waals surface area contributed by atoms with Gasteiger partial charge in [-0.25, -0.2) is 13.2 Å². The number of hydrogen-bond acceptors (Lipinski definition) is 5. The topological polar surface area (TPSA) is 110 Å². The number of carboxylic acids is 1. The third kappa shape index (κ3) is 4.76. The highest BCUT2D eigenvalue weighted by molar-refractivity contribution is 7.92. The van der Waals surface area contributed by atoms with Gasteiger partial charge in [0.05, 0.1) is 35.0 Å². The molecule has 0 bridgehead atoms. The highest BCUT2D eigenvalue weighted by Crippen LogP contribution is 2.32. The van der Waals surface area contributed by atoms with Crippen LogP contribution in [0, 0.1) is 0 Å². The first-order valence-electron chi connectivity index (χ1n) is 5.46. The Bertz CT molecular complexity index is 674. The number of methoxy groups -OCH3 is 1. The van der Waals surface area contributed by atoms with Crippen LogP contribution in [0.3, 0.4) is 0 Å². The van der Waals surface area contributed by atoms with Crippen LogP contribution in [0.15, 0.2) is 12.1 Å². The molecule has 2 N–H and O–H groups in total. The van der Waals surface area contributed by atoms with E-state index >= 15 is 0 Å². The summed E-state index contributed by atoms with van der Waals surface area (Å²) in [6.45, 7) is 0. The van der Waals surface area contributed by atoms with Crippen LogP contribution in [0.2, 0.25) is 10.0 Å². The minimum atomic E-state index is -3.99. The highest BCUT2D eigenvalue weighted by atomic mass is 35.5. The Labute approximate surface area is 130 Å². The summed E-state index contributed by atoms with van der Waals surface area (Å²) in [4.78, 5) is 22.1. The number of esters is 1. The Morgan fingerprint density at radius 3 is 2.38 bits per heavy atom. The van der Waals surface area contributed by atoms with Gasteiger partial charge in [-0.3, -0.25) is 9.52 Å². The number of halogens is 2. The van der Waals surface area contributed by atoms with E-state index in [0.29, 0.717) is 0 Å². The van der Waals surface area contributed by atoms with E-state index in [0.717, 1.165) is 7.11 Å². The van der Waals surface area contributed by atoms with Gasteiger partial charge in [-0.1, -0.05) is 23.2 Å². The maximum Gasteiger partial charge on any atom is 0.339 e.